The Morgan fingerprint density at radius 3 is 2.62 bits per heavy atom. The minimum atomic E-state index is -0.509. The molecular formula is C19H18N2O2S. The number of aromatic nitrogens is 1. The fourth-order valence-electron chi connectivity index (χ4n) is 3.33. The lowest BCUT2D eigenvalue weighted by Gasteiger charge is -2.41. The highest BCUT2D eigenvalue weighted by Gasteiger charge is 2.47. The van der Waals surface area contributed by atoms with Gasteiger partial charge in [-0.05, 0) is 31.0 Å². The SMILES string of the molecule is COc1ccccc1C1(C(=O)Nc2nc3ccccc3s2)CCC1. The van der Waals surface area contributed by atoms with Gasteiger partial charge in [-0.25, -0.2) is 4.98 Å². The molecule has 0 bridgehead atoms. The molecule has 1 amide bonds. The number of para-hydroxylation sites is 2. The molecule has 1 N–H and O–H groups in total. The molecule has 1 aromatic heterocycles. The Kier molecular flexibility index (Phi) is 3.73. The second-order valence-corrected chi connectivity index (χ2v) is 7.11. The van der Waals surface area contributed by atoms with Gasteiger partial charge >= 0.3 is 0 Å². The lowest BCUT2D eigenvalue weighted by atomic mass is 9.63. The first-order valence-electron chi connectivity index (χ1n) is 8.03. The van der Waals surface area contributed by atoms with Gasteiger partial charge in [0.2, 0.25) is 5.91 Å². The van der Waals surface area contributed by atoms with Crippen LogP contribution >= 0.6 is 11.3 Å². The number of rotatable bonds is 4. The summed E-state index contributed by atoms with van der Waals surface area (Å²) in [6.07, 6.45) is 2.72. The van der Waals surface area contributed by atoms with Gasteiger partial charge in [0.05, 0.1) is 22.7 Å². The molecule has 0 spiro atoms. The summed E-state index contributed by atoms with van der Waals surface area (Å²) >= 11 is 1.51. The number of nitrogens with one attached hydrogen (secondary N) is 1. The first-order valence-corrected chi connectivity index (χ1v) is 8.85. The van der Waals surface area contributed by atoms with Gasteiger partial charge in [0.15, 0.2) is 5.13 Å². The zero-order valence-corrected chi connectivity index (χ0v) is 14.2. The summed E-state index contributed by atoms with van der Waals surface area (Å²) in [4.78, 5) is 17.6. The highest BCUT2D eigenvalue weighted by atomic mass is 32.1. The molecule has 0 saturated heterocycles. The smallest absolute Gasteiger partial charge is 0.236 e. The number of thiazole rings is 1. The topological polar surface area (TPSA) is 51.2 Å². The second-order valence-electron chi connectivity index (χ2n) is 6.08. The number of hydrogen-bond donors (Lipinski definition) is 1. The number of amides is 1. The van der Waals surface area contributed by atoms with Crippen molar-refractivity contribution in [2.45, 2.75) is 24.7 Å². The van der Waals surface area contributed by atoms with Gasteiger partial charge in [-0.3, -0.25) is 4.79 Å². The average molecular weight is 338 g/mol. The number of nitrogens with zero attached hydrogens (tertiary/aromatic N) is 1. The first-order chi connectivity index (χ1) is 11.7. The average Bonchev–Trinajstić information content (AvgIpc) is 2.96. The minimum Gasteiger partial charge on any atom is -0.496 e. The number of carbonyl (C=O) groups is 1. The van der Waals surface area contributed by atoms with Crippen molar-refractivity contribution in [3.8, 4) is 5.75 Å². The van der Waals surface area contributed by atoms with Gasteiger partial charge in [0.1, 0.15) is 5.75 Å². The Balaban J connectivity index is 1.66. The normalized spacial score (nSPS) is 15.7. The fourth-order valence-corrected chi connectivity index (χ4v) is 4.19. The summed E-state index contributed by atoms with van der Waals surface area (Å²) in [6, 6.07) is 15.7. The van der Waals surface area contributed by atoms with Crippen molar-refractivity contribution in [2.75, 3.05) is 12.4 Å². The molecule has 0 radical (unpaired) electrons. The molecule has 1 aliphatic rings. The number of hydrogen-bond acceptors (Lipinski definition) is 4. The fraction of sp³-hybridized carbons (Fsp3) is 0.263. The highest BCUT2D eigenvalue weighted by Crippen LogP contribution is 2.48. The molecule has 122 valence electrons. The third-order valence-electron chi connectivity index (χ3n) is 4.78. The van der Waals surface area contributed by atoms with Crippen molar-refractivity contribution in [3.63, 3.8) is 0 Å². The van der Waals surface area contributed by atoms with E-state index in [9.17, 15) is 4.79 Å². The molecule has 1 aliphatic carbocycles. The standard InChI is InChI=1S/C19H18N2O2S/c1-23-15-9-4-2-7-13(15)19(11-6-12-19)17(22)21-18-20-14-8-3-5-10-16(14)24-18/h2-5,7-10H,6,11-12H2,1H3,(H,20,21,22). The van der Waals surface area contributed by atoms with Crippen LogP contribution in [0, 0.1) is 0 Å². The van der Waals surface area contributed by atoms with Crippen molar-refractivity contribution < 1.29 is 9.53 Å². The Labute approximate surface area is 144 Å². The van der Waals surface area contributed by atoms with Crippen LogP contribution in [-0.4, -0.2) is 18.0 Å². The van der Waals surface area contributed by atoms with E-state index in [0.717, 1.165) is 40.8 Å². The Morgan fingerprint density at radius 1 is 1.17 bits per heavy atom. The molecule has 3 aromatic rings. The summed E-state index contributed by atoms with van der Waals surface area (Å²) in [7, 11) is 1.65. The Morgan fingerprint density at radius 2 is 1.92 bits per heavy atom. The molecule has 4 rings (SSSR count). The molecule has 0 aliphatic heterocycles. The van der Waals surface area contributed by atoms with Crippen LogP contribution in [0.1, 0.15) is 24.8 Å². The van der Waals surface area contributed by atoms with Crippen LogP contribution in [0.5, 0.6) is 5.75 Å². The summed E-state index contributed by atoms with van der Waals surface area (Å²) in [5.41, 5.74) is 1.37. The Bertz CT molecular complexity index is 866. The summed E-state index contributed by atoms with van der Waals surface area (Å²) in [5, 5.41) is 3.69. The van der Waals surface area contributed by atoms with Crippen molar-refractivity contribution in [1.82, 2.24) is 4.98 Å². The van der Waals surface area contributed by atoms with Gasteiger partial charge in [0.25, 0.3) is 0 Å². The predicted octanol–water partition coefficient (Wildman–Crippen LogP) is 4.37. The van der Waals surface area contributed by atoms with Crippen LogP contribution < -0.4 is 10.1 Å². The molecule has 1 fully saturated rings. The van der Waals surface area contributed by atoms with Crippen LogP contribution in [0.15, 0.2) is 48.5 Å². The number of ether oxygens (including phenoxy) is 1. The predicted molar refractivity (Wildman–Crippen MR) is 96.8 cm³/mol. The zero-order chi connectivity index (χ0) is 16.6. The third-order valence-corrected chi connectivity index (χ3v) is 5.73. The van der Waals surface area contributed by atoms with Crippen molar-refractivity contribution in [1.29, 1.82) is 0 Å². The Hall–Kier alpha value is -2.40. The molecule has 2 aromatic carbocycles. The number of anilines is 1. The van der Waals surface area contributed by atoms with E-state index in [1.165, 1.54) is 11.3 Å². The van der Waals surface area contributed by atoms with E-state index >= 15 is 0 Å². The molecule has 1 heterocycles. The van der Waals surface area contributed by atoms with Crippen LogP contribution in [0.4, 0.5) is 5.13 Å². The highest BCUT2D eigenvalue weighted by molar-refractivity contribution is 7.22. The van der Waals surface area contributed by atoms with Gasteiger partial charge in [-0.15, -0.1) is 0 Å². The van der Waals surface area contributed by atoms with E-state index in [4.69, 9.17) is 4.74 Å². The number of carbonyl (C=O) groups excluding carboxylic acids is 1. The maximum Gasteiger partial charge on any atom is 0.236 e. The van der Waals surface area contributed by atoms with E-state index in [-0.39, 0.29) is 5.91 Å². The quantitative estimate of drug-likeness (QED) is 0.769. The lowest BCUT2D eigenvalue weighted by Crippen LogP contribution is -2.46. The summed E-state index contributed by atoms with van der Waals surface area (Å²) in [6.45, 7) is 0. The van der Waals surface area contributed by atoms with E-state index in [2.05, 4.69) is 10.3 Å². The van der Waals surface area contributed by atoms with Crippen LogP contribution in [-0.2, 0) is 10.2 Å². The molecule has 1 saturated carbocycles. The summed E-state index contributed by atoms with van der Waals surface area (Å²) in [5.74, 6) is 0.786. The summed E-state index contributed by atoms with van der Waals surface area (Å²) < 4.78 is 6.56. The maximum atomic E-state index is 13.1. The number of benzene rings is 2. The van der Waals surface area contributed by atoms with E-state index in [1.807, 2.05) is 48.5 Å². The van der Waals surface area contributed by atoms with Gasteiger partial charge in [-0.1, -0.05) is 48.1 Å². The lowest BCUT2D eigenvalue weighted by molar-refractivity contribution is -0.124. The minimum absolute atomic E-state index is 0.0114. The number of methoxy groups -OCH3 is 1. The van der Waals surface area contributed by atoms with Crippen LogP contribution in [0.3, 0.4) is 0 Å². The zero-order valence-electron chi connectivity index (χ0n) is 13.4. The van der Waals surface area contributed by atoms with E-state index in [1.54, 1.807) is 7.11 Å². The van der Waals surface area contributed by atoms with Crippen molar-refractivity contribution in [2.24, 2.45) is 0 Å². The van der Waals surface area contributed by atoms with Crippen molar-refractivity contribution in [3.05, 3.63) is 54.1 Å². The van der Waals surface area contributed by atoms with Gasteiger partial charge in [-0.2, -0.15) is 0 Å². The monoisotopic (exact) mass is 338 g/mol. The third kappa shape index (κ3) is 2.36. The van der Waals surface area contributed by atoms with Gasteiger partial charge < -0.3 is 10.1 Å². The van der Waals surface area contributed by atoms with E-state index < -0.39 is 5.41 Å². The molecule has 4 nitrogen and oxygen atoms in total. The van der Waals surface area contributed by atoms with Gasteiger partial charge in [0, 0.05) is 5.56 Å². The first kappa shape index (κ1) is 15.1. The maximum absolute atomic E-state index is 13.1. The second kappa shape index (κ2) is 5.91. The molecule has 5 heteroatoms. The molecule has 24 heavy (non-hydrogen) atoms. The van der Waals surface area contributed by atoms with Crippen molar-refractivity contribution >= 4 is 32.6 Å². The molecule has 0 unspecified atom stereocenters. The largest absolute Gasteiger partial charge is 0.496 e. The number of fused-ring (bicyclic) bond motifs is 1. The van der Waals surface area contributed by atoms with E-state index in [0.29, 0.717) is 5.13 Å². The van der Waals surface area contributed by atoms with Crippen LogP contribution in [0.25, 0.3) is 10.2 Å². The van der Waals surface area contributed by atoms with Crippen LogP contribution in [0.2, 0.25) is 0 Å². The molecule has 0 atom stereocenters. The molecular weight excluding hydrogens is 320 g/mol.